The Kier molecular flexibility index (Phi) is 7.49. The Hall–Kier alpha value is -4.25. The summed E-state index contributed by atoms with van der Waals surface area (Å²) in [6, 6.07) is 14.9. The number of pyridine rings is 1. The molecule has 0 saturated carbocycles. The molecule has 1 N–H and O–H groups in total. The standard InChI is InChI=1S/C26H20ClF4N5O2/c1-15(17-8-11-22(32-14-17)33-24(37)16-6-9-19(28)10-7-16)25(38)35(2)23-13-21(26(29,30)31)34-36(23)20-5-3-4-18(27)12-20/h3-15H,1-2H3,(H,32,33,37). The van der Waals surface area contributed by atoms with Gasteiger partial charge in [0.25, 0.3) is 5.91 Å². The van der Waals surface area contributed by atoms with Gasteiger partial charge in [-0.15, -0.1) is 0 Å². The summed E-state index contributed by atoms with van der Waals surface area (Å²) >= 11 is 6.01. The van der Waals surface area contributed by atoms with Crippen LogP contribution in [0.25, 0.3) is 5.69 Å². The van der Waals surface area contributed by atoms with E-state index in [2.05, 4.69) is 15.4 Å². The van der Waals surface area contributed by atoms with Crippen molar-refractivity contribution in [3.8, 4) is 5.69 Å². The zero-order chi connectivity index (χ0) is 27.6. The zero-order valence-corrected chi connectivity index (χ0v) is 20.8. The fraction of sp³-hybridized carbons (Fsp3) is 0.154. The lowest BCUT2D eigenvalue weighted by atomic mass is 10.0. The first kappa shape index (κ1) is 26.8. The highest BCUT2D eigenvalue weighted by molar-refractivity contribution is 6.30. The molecule has 12 heteroatoms. The number of rotatable bonds is 6. The smallest absolute Gasteiger partial charge is 0.307 e. The van der Waals surface area contributed by atoms with Gasteiger partial charge in [-0.25, -0.2) is 14.1 Å². The van der Waals surface area contributed by atoms with Crippen molar-refractivity contribution in [1.82, 2.24) is 14.8 Å². The van der Waals surface area contributed by atoms with Crippen LogP contribution in [-0.4, -0.2) is 33.6 Å². The van der Waals surface area contributed by atoms with Gasteiger partial charge in [0.15, 0.2) is 5.69 Å². The number of alkyl halides is 3. The van der Waals surface area contributed by atoms with E-state index in [9.17, 15) is 27.2 Å². The van der Waals surface area contributed by atoms with Crippen LogP contribution in [0.1, 0.15) is 34.5 Å². The summed E-state index contributed by atoms with van der Waals surface area (Å²) in [5.74, 6) is -2.20. The second-order valence-electron chi connectivity index (χ2n) is 8.33. The average Bonchev–Trinajstić information content (AvgIpc) is 3.35. The van der Waals surface area contributed by atoms with Gasteiger partial charge in [-0.1, -0.05) is 23.7 Å². The second kappa shape index (κ2) is 10.6. The predicted molar refractivity (Wildman–Crippen MR) is 134 cm³/mol. The van der Waals surface area contributed by atoms with Crippen molar-refractivity contribution in [2.75, 3.05) is 17.3 Å². The molecule has 0 bridgehead atoms. The molecule has 0 fully saturated rings. The summed E-state index contributed by atoms with van der Waals surface area (Å²) in [4.78, 5) is 30.8. The Morgan fingerprint density at radius 1 is 1.05 bits per heavy atom. The van der Waals surface area contributed by atoms with Gasteiger partial charge >= 0.3 is 6.18 Å². The van der Waals surface area contributed by atoms with Crippen LogP contribution in [0.5, 0.6) is 0 Å². The molecular formula is C26H20ClF4N5O2. The first-order valence-corrected chi connectivity index (χ1v) is 11.6. The Bertz CT molecular complexity index is 1470. The highest BCUT2D eigenvalue weighted by Crippen LogP contribution is 2.33. The molecule has 196 valence electrons. The molecule has 0 radical (unpaired) electrons. The first-order chi connectivity index (χ1) is 17.9. The van der Waals surface area contributed by atoms with E-state index >= 15 is 0 Å². The average molecular weight is 546 g/mol. The Morgan fingerprint density at radius 3 is 2.37 bits per heavy atom. The summed E-state index contributed by atoms with van der Waals surface area (Å²) in [6.45, 7) is 1.58. The molecule has 2 heterocycles. The Balaban J connectivity index is 1.55. The lowest BCUT2D eigenvalue weighted by molar-refractivity contribution is -0.141. The summed E-state index contributed by atoms with van der Waals surface area (Å²) in [5.41, 5.74) is -0.218. The molecule has 0 aliphatic rings. The van der Waals surface area contributed by atoms with Crippen LogP contribution in [0.2, 0.25) is 5.02 Å². The molecule has 0 aliphatic carbocycles. The molecule has 0 aliphatic heterocycles. The Labute approximate surface area is 219 Å². The molecule has 2 amide bonds. The maximum absolute atomic E-state index is 13.5. The number of anilines is 2. The van der Waals surface area contributed by atoms with E-state index in [4.69, 9.17) is 11.6 Å². The molecule has 4 aromatic rings. The second-order valence-corrected chi connectivity index (χ2v) is 8.77. The number of hydrogen-bond acceptors (Lipinski definition) is 4. The first-order valence-electron chi connectivity index (χ1n) is 11.2. The normalized spacial score (nSPS) is 12.2. The van der Waals surface area contributed by atoms with Crippen molar-refractivity contribution in [3.63, 3.8) is 0 Å². The van der Waals surface area contributed by atoms with Gasteiger partial charge in [0.1, 0.15) is 17.5 Å². The van der Waals surface area contributed by atoms with E-state index in [1.54, 1.807) is 25.1 Å². The fourth-order valence-electron chi connectivity index (χ4n) is 3.62. The van der Waals surface area contributed by atoms with E-state index in [0.29, 0.717) is 5.56 Å². The van der Waals surface area contributed by atoms with Gasteiger partial charge in [-0.3, -0.25) is 14.5 Å². The minimum atomic E-state index is -4.73. The highest BCUT2D eigenvalue weighted by atomic mass is 35.5. The van der Waals surface area contributed by atoms with Gasteiger partial charge in [0.05, 0.1) is 11.6 Å². The number of carbonyl (C=O) groups excluding carboxylic acids is 2. The molecule has 1 unspecified atom stereocenters. The van der Waals surface area contributed by atoms with Gasteiger partial charge in [-0.05, 0) is 61.0 Å². The number of carbonyl (C=O) groups is 2. The largest absolute Gasteiger partial charge is 0.435 e. The topological polar surface area (TPSA) is 80.1 Å². The highest BCUT2D eigenvalue weighted by Gasteiger charge is 2.36. The number of nitrogens with one attached hydrogen (secondary N) is 1. The lowest BCUT2D eigenvalue weighted by Gasteiger charge is -2.22. The molecule has 2 aromatic carbocycles. The molecule has 38 heavy (non-hydrogen) atoms. The molecule has 0 spiro atoms. The maximum Gasteiger partial charge on any atom is 0.435 e. The van der Waals surface area contributed by atoms with Crippen molar-refractivity contribution in [2.45, 2.75) is 19.0 Å². The number of hydrogen-bond donors (Lipinski definition) is 1. The molecule has 1 atom stereocenters. The lowest BCUT2D eigenvalue weighted by Crippen LogP contribution is -2.32. The third-order valence-electron chi connectivity index (χ3n) is 5.71. The minimum absolute atomic E-state index is 0.104. The van der Waals surface area contributed by atoms with Gasteiger partial charge in [-0.2, -0.15) is 18.3 Å². The summed E-state index contributed by atoms with van der Waals surface area (Å²) in [6.07, 6.45) is -3.35. The summed E-state index contributed by atoms with van der Waals surface area (Å²) in [5, 5.41) is 6.52. The monoisotopic (exact) mass is 545 g/mol. The van der Waals surface area contributed by atoms with Crippen molar-refractivity contribution in [3.05, 3.63) is 101 Å². The SMILES string of the molecule is CC(C(=O)N(C)c1cc(C(F)(F)F)nn1-c1cccc(Cl)c1)c1ccc(NC(=O)c2ccc(F)cc2)nc1. The van der Waals surface area contributed by atoms with E-state index in [-0.39, 0.29) is 27.9 Å². The fourth-order valence-corrected chi connectivity index (χ4v) is 3.80. The quantitative estimate of drug-likeness (QED) is 0.297. The van der Waals surface area contributed by atoms with Crippen LogP contribution in [0.4, 0.5) is 29.2 Å². The van der Waals surface area contributed by atoms with E-state index in [1.807, 2.05) is 0 Å². The van der Waals surface area contributed by atoms with E-state index in [1.165, 1.54) is 43.6 Å². The van der Waals surface area contributed by atoms with Crippen molar-refractivity contribution in [2.24, 2.45) is 0 Å². The van der Waals surface area contributed by atoms with E-state index < -0.39 is 35.4 Å². The van der Waals surface area contributed by atoms with Gasteiger partial charge in [0.2, 0.25) is 5.91 Å². The number of nitrogens with zero attached hydrogens (tertiary/aromatic N) is 4. The maximum atomic E-state index is 13.5. The number of aromatic nitrogens is 3. The zero-order valence-electron chi connectivity index (χ0n) is 20.0. The third-order valence-corrected chi connectivity index (χ3v) is 5.95. The number of likely N-dealkylation sites (N-methyl/N-ethyl adjacent to an activating group) is 1. The predicted octanol–water partition coefficient (Wildman–Crippen LogP) is 6.10. The number of halogens is 5. The Morgan fingerprint density at radius 2 is 1.76 bits per heavy atom. The van der Waals surface area contributed by atoms with Crippen LogP contribution in [0.15, 0.2) is 72.9 Å². The minimum Gasteiger partial charge on any atom is -0.307 e. The van der Waals surface area contributed by atoms with E-state index in [0.717, 1.165) is 27.8 Å². The van der Waals surface area contributed by atoms with Crippen LogP contribution < -0.4 is 10.2 Å². The van der Waals surface area contributed by atoms with Crippen LogP contribution >= 0.6 is 11.6 Å². The molecule has 2 aromatic heterocycles. The molecular weight excluding hydrogens is 526 g/mol. The van der Waals surface area contributed by atoms with Gasteiger partial charge < -0.3 is 5.32 Å². The molecule has 4 rings (SSSR count). The van der Waals surface area contributed by atoms with Crippen LogP contribution in [-0.2, 0) is 11.0 Å². The summed E-state index contributed by atoms with van der Waals surface area (Å²) < 4.78 is 54.5. The molecule has 7 nitrogen and oxygen atoms in total. The van der Waals surface area contributed by atoms with Crippen molar-refractivity contribution < 1.29 is 27.2 Å². The molecule has 0 saturated heterocycles. The van der Waals surface area contributed by atoms with Crippen molar-refractivity contribution >= 4 is 35.1 Å². The van der Waals surface area contributed by atoms with Crippen LogP contribution in [0, 0.1) is 5.82 Å². The number of benzene rings is 2. The van der Waals surface area contributed by atoms with Crippen LogP contribution in [0.3, 0.4) is 0 Å². The van der Waals surface area contributed by atoms with Crippen molar-refractivity contribution in [1.29, 1.82) is 0 Å². The van der Waals surface area contributed by atoms with Gasteiger partial charge in [0, 0.05) is 29.9 Å². The summed E-state index contributed by atoms with van der Waals surface area (Å²) in [7, 11) is 1.35. The third kappa shape index (κ3) is 5.83. The number of amides is 2.